The van der Waals surface area contributed by atoms with E-state index in [2.05, 4.69) is 20.8 Å². The summed E-state index contributed by atoms with van der Waals surface area (Å²) in [6.45, 7) is 7.54. The first-order valence-corrected chi connectivity index (χ1v) is 10.0. The second-order valence-electron chi connectivity index (χ2n) is 8.57. The normalized spacial score (nSPS) is 44.3. The lowest BCUT2D eigenvalue weighted by molar-refractivity contribution is -0.187. The molecule has 134 valence electrons. The van der Waals surface area contributed by atoms with Gasteiger partial charge in [0.15, 0.2) is 6.29 Å². The number of fused-ring (bicyclic) bond motifs is 1. The Morgan fingerprint density at radius 1 is 1.00 bits per heavy atom. The van der Waals surface area contributed by atoms with Crippen LogP contribution >= 0.6 is 0 Å². The van der Waals surface area contributed by atoms with Crippen LogP contribution in [0.1, 0.15) is 72.1 Å². The second kappa shape index (κ2) is 7.84. The molecule has 0 radical (unpaired) electrons. The SMILES string of the molecule is CC1CCC2CCCC(C(C)C(O)OC3CCCC3C)C2CO1. The number of aliphatic hydroxyl groups excluding tert-OH is 1. The number of ether oxygens (including phenoxy) is 2. The Hall–Kier alpha value is -0.120. The van der Waals surface area contributed by atoms with Gasteiger partial charge in [-0.25, -0.2) is 0 Å². The molecule has 8 unspecified atom stereocenters. The van der Waals surface area contributed by atoms with Crippen LogP contribution in [0, 0.1) is 29.6 Å². The molecular formula is C20H36O3. The maximum atomic E-state index is 10.7. The summed E-state index contributed by atoms with van der Waals surface area (Å²) in [4.78, 5) is 0. The molecule has 3 nitrogen and oxygen atoms in total. The van der Waals surface area contributed by atoms with Gasteiger partial charge in [-0.1, -0.05) is 33.1 Å². The van der Waals surface area contributed by atoms with Gasteiger partial charge in [-0.2, -0.15) is 0 Å². The van der Waals surface area contributed by atoms with Gasteiger partial charge in [-0.15, -0.1) is 0 Å². The van der Waals surface area contributed by atoms with Gasteiger partial charge in [0, 0.05) is 5.92 Å². The number of hydrogen-bond donors (Lipinski definition) is 1. The van der Waals surface area contributed by atoms with Crippen molar-refractivity contribution in [2.45, 2.75) is 90.6 Å². The van der Waals surface area contributed by atoms with E-state index in [9.17, 15) is 5.11 Å². The van der Waals surface area contributed by atoms with Crippen molar-refractivity contribution >= 4 is 0 Å². The summed E-state index contributed by atoms with van der Waals surface area (Å²) in [7, 11) is 0. The zero-order valence-corrected chi connectivity index (χ0v) is 15.2. The molecule has 8 atom stereocenters. The van der Waals surface area contributed by atoms with E-state index in [-0.39, 0.29) is 12.0 Å². The third kappa shape index (κ3) is 4.11. The minimum Gasteiger partial charge on any atom is -0.378 e. The molecule has 2 aliphatic carbocycles. The molecule has 1 N–H and O–H groups in total. The molecule has 3 rings (SSSR count). The van der Waals surface area contributed by atoms with Crippen molar-refractivity contribution in [1.29, 1.82) is 0 Å². The van der Waals surface area contributed by atoms with Gasteiger partial charge in [0.25, 0.3) is 0 Å². The average Bonchev–Trinajstić information content (AvgIpc) is 2.84. The maximum absolute atomic E-state index is 10.7. The molecule has 0 bridgehead atoms. The molecule has 3 fully saturated rings. The standard InChI is InChI=1S/C20H36O3/c1-13-6-4-9-19(13)23-20(21)15(3)17-8-5-7-16-11-10-14(2)22-12-18(16)17/h13-21H,4-12H2,1-3H3. The predicted octanol–water partition coefficient (Wildman–Crippen LogP) is 4.38. The highest BCUT2D eigenvalue weighted by molar-refractivity contribution is 4.88. The molecular weight excluding hydrogens is 288 g/mol. The van der Waals surface area contributed by atoms with Crippen molar-refractivity contribution < 1.29 is 14.6 Å². The summed E-state index contributed by atoms with van der Waals surface area (Å²) in [6.07, 6.45) is 10.0. The monoisotopic (exact) mass is 324 g/mol. The lowest BCUT2D eigenvalue weighted by Crippen LogP contribution is -2.40. The van der Waals surface area contributed by atoms with Crippen molar-refractivity contribution in [2.24, 2.45) is 29.6 Å². The summed E-state index contributed by atoms with van der Waals surface area (Å²) in [5, 5.41) is 10.7. The quantitative estimate of drug-likeness (QED) is 0.780. The van der Waals surface area contributed by atoms with E-state index in [0.29, 0.717) is 23.9 Å². The van der Waals surface area contributed by atoms with Crippen LogP contribution in [-0.2, 0) is 9.47 Å². The van der Waals surface area contributed by atoms with Gasteiger partial charge in [0.1, 0.15) is 0 Å². The lowest BCUT2D eigenvalue weighted by atomic mass is 9.66. The van der Waals surface area contributed by atoms with Crippen LogP contribution in [0.15, 0.2) is 0 Å². The van der Waals surface area contributed by atoms with E-state index in [4.69, 9.17) is 9.47 Å². The number of hydrogen-bond acceptors (Lipinski definition) is 3. The highest BCUT2D eigenvalue weighted by atomic mass is 16.6. The topological polar surface area (TPSA) is 38.7 Å². The van der Waals surface area contributed by atoms with Crippen molar-refractivity contribution in [3.63, 3.8) is 0 Å². The van der Waals surface area contributed by atoms with Gasteiger partial charge in [-0.05, 0) is 62.7 Å². The van der Waals surface area contributed by atoms with E-state index >= 15 is 0 Å². The Morgan fingerprint density at radius 3 is 2.52 bits per heavy atom. The van der Waals surface area contributed by atoms with E-state index in [0.717, 1.165) is 18.9 Å². The molecule has 0 amide bonds. The molecule has 0 aromatic rings. The van der Waals surface area contributed by atoms with Gasteiger partial charge >= 0.3 is 0 Å². The fraction of sp³-hybridized carbons (Fsp3) is 1.00. The molecule has 3 aliphatic rings. The highest BCUT2D eigenvalue weighted by Gasteiger charge is 2.41. The summed E-state index contributed by atoms with van der Waals surface area (Å²) >= 11 is 0. The van der Waals surface area contributed by atoms with Crippen LogP contribution < -0.4 is 0 Å². The third-order valence-corrected chi connectivity index (χ3v) is 7.01. The second-order valence-corrected chi connectivity index (χ2v) is 8.57. The minimum absolute atomic E-state index is 0.215. The van der Waals surface area contributed by atoms with Crippen LogP contribution in [0.2, 0.25) is 0 Å². The van der Waals surface area contributed by atoms with Crippen molar-refractivity contribution in [3.05, 3.63) is 0 Å². The van der Waals surface area contributed by atoms with Crippen LogP contribution in [0.3, 0.4) is 0 Å². The Kier molecular flexibility index (Phi) is 6.03. The fourth-order valence-corrected chi connectivity index (χ4v) is 5.30. The summed E-state index contributed by atoms with van der Waals surface area (Å²) < 4.78 is 12.1. The largest absolute Gasteiger partial charge is 0.378 e. The molecule has 2 saturated carbocycles. The van der Waals surface area contributed by atoms with Crippen molar-refractivity contribution in [3.8, 4) is 0 Å². The maximum Gasteiger partial charge on any atom is 0.157 e. The third-order valence-electron chi connectivity index (χ3n) is 7.01. The highest BCUT2D eigenvalue weighted by Crippen LogP contribution is 2.44. The van der Waals surface area contributed by atoms with Gasteiger partial charge < -0.3 is 14.6 Å². The zero-order valence-electron chi connectivity index (χ0n) is 15.2. The molecule has 0 aromatic heterocycles. The molecule has 1 saturated heterocycles. The smallest absolute Gasteiger partial charge is 0.157 e. The molecule has 1 aliphatic heterocycles. The summed E-state index contributed by atoms with van der Waals surface area (Å²) in [5.74, 6) is 2.76. The first-order valence-electron chi connectivity index (χ1n) is 10.0. The Labute approximate surface area is 142 Å². The minimum atomic E-state index is -0.607. The molecule has 23 heavy (non-hydrogen) atoms. The number of rotatable bonds is 4. The van der Waals surface area contributed by atoms with Crippen LogP contribution in [-0.4, -0.2) is 30.2 Å². The van der Waals surface area contributed by atoms with E-state index in [1.807, 2.05) is 0 Å². The van der Waals surface area contributed by atoms with Crippen molar-refractivity contribution in [2.75, 3.05) is 6.61 Å². The Morgan fingerprint density at radius 2 is 1.78 bits per heavy atom. The summed E-state index contributed by atoms with van der Waals surface area (Å²) in [6, 6.07) is 0. The average molecular weight is 325 g/mol. The van der Waals surface area contributed by atoms with Gasteiger partial charge in [-0.3, -0.25) is 0 Å². The van der Waals surface area contributed by atoms with Crippen LogP contribution in [0.25, 0.3) is 0 Å². The van der Waals surface area contributed by atoms with Gasteiger partial charge in [0.2, 0.25) is 0 Å². The van der Waals surface area contributed by atoms with E-state index in [1.165, 1.54) is 44.9 Å². The zero-order chi connectivity index (χ0) is 16.4. The molecule has 3 heteroatoms. The van der Waals surface area contributed by atoms with Crippen molar-refractivity contribution in [1.82, 2.24) is 0 Å². The Balaban J connectivity index is 1.61. The van der Waals surface area contributed by atoms with E-state index < -0.39 is 6.29 Å². The van der Waals surface area contributed by atoms with Gasteiger partial charge in [0.05, 0.1) is 18.8 Å². The Bertz CT molecular complexity index is 372. The fourth-order valence-electron chi connectivity index (χ4n) is 5.30. The molecule has 1 heterocycles. The first-order chi connectivity index (χ1) is 11.1. The van der Waals surface area contributed by atoms with Crippen LogP contribution in [0.5, 0.6) is 0 Å². The lowest BCUT2D eigenvalue weighted by Gasteiger charge is -2.41. The summed E-state index contributed by atoms with van der Waals surface area (Å²) in [5.41, 5.74) is 0. The number of aliphatic hydroxyl groups is 1. The predicted molar refractivity (Wildman–Crippen MR) is 92.0 cm³/mol. The molecule has 0 aromatic carbocycles. The first kappa shape index (κ1) is 17.7. The van der Waals surface area contributed by atoms with E-state index in [1.54, 1.807) is 0 Å². The molecule has 0 spiro atoms. The van der Waals surface area contributed by atoms with Crippen LogP contribution in [0.4, 0.5) is 0 Å².